The second-order valence-electron chi connectivity index (χ2n) is 1.28. The van der Waals surface area contributed by atoms with Gasteiger partial charge in [0.15, 0.2) is 0 Å². The fraction of sp³-hybridized carbons (Fsp3) is 0. The average Bonchev–Trinajstić information content (AvgIpc) is 2.22. The van der Waals surface area contributed by atoms with Gasteiger partial charge in [0, 0.05) is 126 Å². The van der Waals surface area contributed by atoms with Gasteiger partial charge in [-0.15, -0.1) is 0 Å². The van der Waals surface area contributed by atoms with Crippen LogP contribution in [0.5, 0.6) is 0 Å². The van der Waals surface area contributed by atoms with Gasteiger partial charge in [-0.2, -0.15) is 0 Å². The molecule has 0 aromatic rings. The van der Waals surface area contributed by atoms with Gasteiger partial charge in [-0.05, 0) is 0 Å². The zero-order valence-corrected chi connectivity index (χ0v) is 26.4. The molecule has 98 valence electrons. The summed E-state index contributed by atoms with van der Waals surface area (Å²) < 4.78 is 21.0. The summed E-state index contributed by atoms with van der Waals surface area (Å²) in [4.78, 5) is 0. The van der Waals surface area contributed by atoms with E-state index in [2.05, 4.69) is 22.9 Å². The van der Waals surface area contributed by atoms with Crippen LogP contribution in [-0.4, -0.2) is 56.2 Å². The summed E-state index contributed by atoms with van der Waals surface area (Å²) in [6.07, 6.45) is 0. The van der Waals surface area contributed by atoms with Crippen molar-refractivity contribution in [3.05, 3.63) is 0 Å². The molecule has 1 aliphatic rings. The van der Waals surface area contributed by atoms with Crippen molar-refractivity contribution in [3.8, 4) is 0 Å². The van der Waals surface area contributed by atoms with Gasteiger partial charge in [0.25, 0.3) is 0 Å². The summed E-state index contributed by atoms with van der Waals surface area (Å²) in [5.74, 6) is 0. The maximum Gasteiger partial charge on any atom is 0.469 e. The zero-order valence-electron chi connectivity index (χ0n) is 8.85. The normalized spacial score (nSPS) is 9.16. The number of rotatable bonds is 4. The van der Waals surface area contributed by atoms with Crippen molar-refractivity contribution in [2.24, 2.45) is 0 Å². The molecule has 6 radical (unpaired) electrons. The summed E-state index contributed by atoms with van der Waals surface area (Å²) in [6, 6.07) is 0. The van der Waals surface area contributed by atoms with Gasteiger partial charge in [-0.1, -0.05) is 0 Å². The minimum atomic E-state index is 0. The van der Waals surface area contributed by atoms with E-state index >= 15 is 0 Å². The third-order valence-corrected chi connectivity index (χ3v) is 0.566. The Morgan fingerprint density at radius 3 is 1.05 bits per heavy atom. The molecule has 19 heteroatoms. The molecule has 19 heavy (non-hydrogen) atoms. The maximum absolute atomic E-state index is 7.74. The molecule has 0 spiro atoms. The molecule has 0 saturated carbocycles. The van der Waals surface area contributed by atoms with E-state index in [-0.39, 0.29) is 126 Å². The van der Waals surface area contributed by atoms with Crippen LogP contribution in [0, 0.1) is 0 Å². The Hall–Kier alpha value is 4.24. The molecule has 0 aromatic carbocycles. The largest absolute Gasteiger partial charge is 0.469 e. The first-order valence-electron chi connectivity index (χ1n) is 2.87. The van der Waals surface area contributed by atoms with Crippen LogP contribution in [-0.2, 0) is 149 Å². The molecule has 0 unspecified atom stereocenters. The predicted molar refractivity (Wildman–Crippen MR) is 44.4 cm³/mol. The van der Waals surface area contributed by atoms with Crippen LogP contribution in [0.3, 0.4) is 0 Å². The van der Waals surface area contributed by atoms with Crippen molar-refractivity contribution in [1.82, 2.24) is 0 Å². The molecule has 2 N–H and O–H groups in total. The van der Waals surface area contributed by atoms with Crippen LogP contribution in [0.1, 0.15) is 0 Å². The Morgan fingerprint density at radius 2 is 0.895 bits per heavy atom. The number of hydrogen-bond donors (Lipinski definition) is 2. The van der Waals surface area contributed by atoms with E-state index in [4.69, 9.17) is 10.0 Å². The molecule has 7 nitrogen and oxygen atoms in total. The predicted octanol–water partition coefficient (Wildman–Crippen LogP) is -3.76. The average molecular weight is 1280 g/mol. The Bertz CT molecular complexity index is 86.6. The van der Waals surface area contributed by atoms with Gasteiger partial charge in [0.2, 0.25) is 0 Å². The molecule has 1 saturated heterocycles. The Morgan fingerprint density at radius 1 is 0.632 bits per heavy atom. The third kappa shape index (κ3) is 44.9. The molecule has 0 amide bonds. The van der Waals surface area contributed by atoms with Crippen molar-refractivity contribution >= 4 is 46.1 Å². The van der Waals surface area contributed by atoms with Crippen molar-refractivity contribution in [1.29, 1.82) is 0 Å². The first-order chi connectivity index (χ1) is 6.41. The molecular formula is H2B6O7W6. The molecule has 1 fully saturated rings. The molecule has 1 aliphatic heterocycles. The van der Waals surface area contributed by atoms with E-state index in [1.807, 2.05) is 0 Å². The second-order valence-corrected chi connectivity index (χ2v) is 1.28. The van der Waals surface area contributed by atoms with Crippen molar-refractivity contribution < 1.29 is 159 Å². The Balaban J connectivity index is -0.0000000231. The summed E-state index contributed by atoms with van der Waals surface area (Å²) in [7, 11) is 5.06. The topological polar surface area (TPSA) is 86.6 Å². The summed E-state index contributed by atoms with van der Waals surface area (Å²) in [5, 5.41) is 15.5. The SMILES string of the molecule is O[B]O[B]O[B]O.[B]1O[B]O[B]O1.[W].[W].[W].[W].[W].[W]. The van der Waals surface area contributed by atoms with Crippen molar-refractivity contribution in [3.63, 3.8) is 0 Å². The molecule has 0 bridgehead atoms. The van der Waals surface area contributed by atoms with Crippen LogP contribution in [0.15, 0.2) is 0 Å². The second kappa shape index (κ2) is 43.2. The molecule has 1 rings (SSSR count). The molecule has 0 aliphatic carbocycles. The standard InChI is InChI=1S/B3H2O4.B3O3.6W/c4-1-6-3-7-2-5;1-4-2-6-3-5-1;;;;;;/h4-5H;;;;;;;. The fourth-order valence-corrected chi connectivity index (χ4v) is 0.246. The van der Waals surface area contributed by atoms with E-state index in [0.29, 0.717) is 15.4 Å². The van der Waals surface area contributed by atoms with Crippen LogP contribution in [0.25, 0.3) is 0 Å². The van der Waals surface area contributed by atoms with Crippen molar-refractivity contribution in [2.45, 2.75) is 0 Å². The van der Waals surface area contributed by atoms with Crippen molar-refractivity contribution in [2.75, 3.05) is 0 Å². The van der Waals surface area contributed by atoms with E-state index < -0.39 is 0 Å². The van der Waals surface area contributed by atoms with Crippen LogP contribution >= 0.6 is 0 Å². The summed E-state index contributed by atoms with van der Waals surface area (Å²) in [5.41, 5.74) is 0. The van der Waals surface area contributed by atoms with Gasteiger partial charge in [0.1, 0.15) is 0 Å². The van der Waals surface area contributed by atoms with Gasteiger partial charge in [-0.25, -0.2) is 0 Å². The van der Waals surface area contributed by atoms with Crippen LogP contribution in [0.2, 0.25) is 0 Å². The Kier molecular flexibility index (Phi) is 99.1. The molecular weight excluding hydrogens is 1280 g/mol. The summed E-state index contributed by atoms with van der Waals surface area (Å²) >= 11 is 0. The fourth-order valence-electron chi connectivity index (χ4n) is 0.246. The van der Waals surface area contributed by atoms with E-state index in [1.165, 1.54) is 0 Å². The quantitative estimate of drug-likeness (QED) is 0.222. The molecule has 0 atom stereocenters. The van der Waals surface area contributed by atoms with E-state index in [9.17, 15) is 0 Å². The van der Waals surface area contributed by atoms with Gasteiger partial charge >= 0.3 is 46.1 Å². The van der Waals surface area contributed by atoms with Gasteiger partial charge in [-0.3, -0.25) is 0 Å². The minimum Gasteiger partial charge on any atom is -0.457 e. The van der Waals surface area contributed by atoms with Gasteiger partial charge in [0.05, 0.1) is 0 Å². The van der Waals surface area contributed by atoms with E-state index in [1.54, 1.807) is 0 Å². The Labute approximate surface area is 202 Å². The van der Waals surface area contributed by atoms with Crippen LogP contribution < -0.4 is 0 Å². The third-order valence-electron chi connectivity index (χ3n) is 0.566. The van der Waals surface area contributed by atoms with Crippen LogP contribution in [0.4, 0.5) is 0 Å². The van der Waals surface area contributed by atoms with E-state index in [0.717, 1.165) is 30.7 Å². The monoisotopic (exact) mass is 1280 g/mol. The minimum absolute atomic E-state index is 0. The molecule has 1 heterocycles. The number of hydrogen-bond acceptors (Lipinski definition) is 7. The van der Waals surface area contributed by atoms with Gasteiger partial charge < -0.3 is 32.9 Å². The zero-order chi connectivity index (χ0) is 9.78. The maximum atomic E-state index is 7.74. The smallest absolute Gasteiger partial charge is 0.457 e. The summed E-state index contributed by atoms with van der Waals surface area (Å²) in [6.45, 7) is 0. The first-order valence-corrected chi connectivity index (χ1v) is 2.87. The molecule has 0 aromatic heterocycles. The first kappa shape index (κ1) is 43.6.